The van der Waals surface area contributed by atoms with Crippen LogP contribution in [0.4, 0.5) is 0 Å². The zero-order valence-corrected chi connectivity index (χ0v) is 10.8. The van der Waals surface area contributed by atoms with E-state index in [9.17, 15) is 4.79 Å². The first-order chi connectivity index (χ1) is 8.71. The van der Waals surface area contributed by atoms with Gasteiger partial charge in [-0.2, -0.15) is 0 Å². The number of hydrogen-bond acceptors (Lipinski definition) is 3. The maximum Gasteiger partial charge on any atom is 0.326 e. The number of esters is 1. The minimum Gasteiger partial charge on any atom is -0.461 e. The lowest BCUT2D eigenvalue weighted by Crippen LogP contribution is -2.47. The summed E-state index contributed by atoms with van der Waals surface area (Å²) in [5, 5.41) is 0. The Balaban J connectivity index is 1.82. The molecule has 1 aromatic rings. The fraction of sp³-hybridized carbons (Fsp3) is 0.533. The molecule has 0 N–H and O–H groups in total. The predicted octanol–water partition coefficient (Wildman–Crippen LogP) is 2.36. The molecule has 0 bridgehead atoms. The zero-order valence-electron chi connectivity index (χ0n) is 10.8. The largest absolute Gasteiger partial charge is 0.461 e. The molecule has 3 nitrogen and oxygen atoms in total. The summed E-state index contributed by atoms with van der Waals surface area (Å²) in [4.78, 5) is 14.5. The molecule has 0 amide bonds. The molecule has 2 aliphatic rings. The quantitative estimate of drug-likeness (QED) is 0.749. The molecule has 96 valence electrons. The average molecular weight is 245 g/mol. The molecular formula is C15H19NO2. The molecule has 2 heterocycles. The number of carbonyl (C=O) groups excluding carboxylic acids is 1. The molecule has 0 aliphatic carbocycles. The third-order valence-electron chi connectivity index (χ3n) is 4.15. The van der Waals surface area contributed by atoms with Gasteiger partial charge in [-0.1, -0.05) is 30.3 Å². The normalized spacial score (nSPS) is 32.1. The van der Waals surface area contributed by atoms with Crippen LogP contribution in [0.3, 0.4) is 0 Å². The monoisotopic (exact) mass is 245 g/mol. The smallest absolute Gasteiger partial charge is 0.326 e. The van der Waals surface area contributed by atoms with Crippen LogP contribution in [-0.2, 0) is 16.1 Å². The van der Waals surface area contributed by atoms with Crippen LogP contribution in [0.5, 0.6) is 0 Å². The number of ether oxygens (including phenoxy) is 1. The minimum atomic E-state index is -0.338. The Bertz CT molecular complexity index is 445. The van der Waals surface area contributed by atoms with Crippen LogP contribution in [0.15, 0.2) is 30.3 Å². The third kappa shape index (κ3) is 1.83. The van der Waals surface area contributed by atoms with Crippen molar-refractivity contribution in [2.45, 2.75) is 44.4 Å². The SMILES string of the molecule is CC1CC2(CCCN2Cc2ccccc2)C(=O)O1. The number of nitrogens with zero attached hydrogens (tertiary/aromatic N) is 1. The fourth-order valence-electron chi connectivity index (χ4n) is 3.32. The molecule has 0 radical (unpaired) electrons. The van der Waals surface area contributed by atoms with E-state index in [0.717, 1.165) is 32.4 Å². The highest BCUT2D eigenvalue weighted by molar-refractivity contribution is 5.83. The van der Waals surface area contributed by atoms with Crippen molar-refractivity contribution in [1.82, 2.24) is 4.90 Å². The number of likely N-dealkylation sites (tertiary alicyclic amines) is 1. The van der Waals surface area contributed by atoms with Crippen molar-refractivity contribution in [1.29, 1.82) is 0 Å². The van der Waals surface area contributed by atoms with Crippen LogP contribution in [0.1, 0.15) is 31.7 Å². The molecule has 3 heteroatoms. The summed E-state index contributed by atoms with van der Waals surface area (Å²) in [5.74, 6) is -0.0107. The highest BCUT2D eigenvalue weighted by atomic mass is 16.6. The molecule has 0 saturated carbocycles. The topological polar surface area (TPSA) is 29.5 Å². The molecule has 1 aromatic carbocycles. The van der Waals surface area contributed by atoms with E-state index in [4.69, 9.17) is 4.74 Å². The van der Waals surface area contributed by atoms with Crippen molar-refractivity contribution < 1.29 is 9.53 Å². The number of hydrogen-bond donors (Lipinski definition) is 0. The molecule has 3 rings (SSSR count). The zero-order chi connectivity index (χ0) is 12.6. The third-order valence-corrected chi connectivity index (χ3v) is 4.15. The van der Waals surface area contributed by atoms with Gasteiger partial charge in [0.2, 0.25) is 0 Å². The van der Waals surface area contributed by atoms with E-state index < -0.39 is 0 Å². The van der Waals surface area contributed by atoms with E-state index >= 15 is 0 Å². The fourth-order valence-corrected chi connectivity index (χ4v) is 3.32. The van der Waals surface area contributed by atoms with E-state index in [1.807, 2.05) is 25.1 Å². The minimum absolute atomic E-state index is 0.0107. The van der Waals surface area contributed by atoms with Crippen molar-refractivity contribution in [3.8, 4) is 0 Å². The maximum absolute atomic E-state index is 12.1. The van der Waals surface area contributed by atoms with Crippen molar-refractivity contribution in [2.75, 3.05) is 6.54 Å². The van der Waals surface area contributed by atoms with E-state index in [0.29, 0.717) is 0 Å². The summed E-state index contributed by atoms with van der Waals surface area (Å²) in [5.41, 5.74) is 0.932. The second-order valence-corrected chi connectivity index (χ2v) is 5.46. The molecule has 2 fully saturated rings. The van der Waals surface area contributed by atoms with Gasteiger partial charge in [-0.25, -0.2) is 0 Å². The molecule has 1 spiro atoms. The van der Waals surface area contributed by atoms with Crippen LogP contribution < -0.4 is 0 Å². The van der Waals surface area contributed by atoms with E-state index in [-0.39, 0.29) is 17.6 Å². The van der Waals surface area contributed by atoms with Gasteiger partial charge >= 0.3 is 5.97 Å². The second-order valence-electron chi connectivity index (χ2n) is 5.46. The Morgan fingerprint density at radius 3 is 2.83 bits per heavy atom. The highest BCUT2D eigenvalue weighted by Crippen LogP contribution is 2.40. The number of cyclic esters (lactones) is 1. The summed E-state index contributed by atoms with van der Waals surface area (Å²) in [6.45, 7) is 3.84. The Labute approximate surface area is 108 Å². The van der Waals surface area contributed by atoms with Gasteiger partial charge in [-0.15, -0.1) is 0 Å². The van der Waals surface area contributed by atoms with Crippen LogP contribution in [-0.4, -0.2) is 29.1 Å². The summed E-state index contributed by atoms with van der Waals surface area (Å²) in [6.07, 6.45) is 2.95. The summed E-state index contributed by atoms with van der Waals surface area (Å²) in [7, 11) is 0. The van der Waals surface area contributed by atoms with Crippen LogP contribution in [0.25, 0.3) is 0 Å². The standard InChI is InChI=1S/C15H19NO2/c1-12-10-15(14(17)18-12)8-5-9-16(15)11-13-6-3-2-4-7-13/h2-4,6-7,12H,5,8-11H2,1H3. The Morgan fingerprint density at radius 2 is 2.17 bits per heavy atom. The van der Waals surface area contributed by atoms with Gasteiger partial charge in [0.1, 0.15) is 11.6 Å². The Morgan fingerprint density at radius 1 is 1.39 bits per heavy atom. The summed E-state index contributed by atoms with van der Waals surface area (Å²) >= 11 is 0. The molecule has 2 unspecified atom stereocenters. The lowest BCUT2D eigenvalue weighted by molar-refractivity contribution is -0.149. The Hall–Kier alpha value is -1.35. The van der Waals surface area contributed by atoms with Crippen molar-refractivity contribution in [3.63, 3.8) is 0 Å². The van der Waals surface area contributed by atoms with Crippen molar-refractivity contribution in [3.05, 3.63) is 35.9 Å². The van der Waals surface area contributed by atoms with Gasteiger partial charge in [0.15, 0.2) is 0 Å². The first kappa shape index (κ1) is 11.7. The number of benzene rings is 1. The van der Waals surface area contributed by atoms with Crippen molar-refractivity contribution >= 4 is 5.97 Å². The molecule has 18 heavy (non-hydrogen) atoms. The Kier molecular flexibility index (Phi) is 2.86. The molecular weight excluding hydrogens is 226 g/mol. The average Bonchev–Trinajstić information content (AvgIpc) is 2.87. The van der Waals surface area contributed by atoms with Crippen molar-refractivity contribution in [2.24, 2.45) is 0 Å². The second kappa shape index (κ2) is 4.39. The number of carbonyl (C=O) groups is 1. The van der Waals surface area contributed by atoms with E-state index in [2.05, 4.69) is 17.0 Å². The van der Waals surface area contributed by atoms with Crippen LogP contribution >= 0.6 is 0 Å². The molecule has 2 saturated heterocycles. The highest BCUT2D eigenvalue weighted by Gasteiger charge is 2.53. The van der Waals surface area contributed by atoms with Gasteiger partial charge < -0.3 is 4.74 Å². The molecule has 2 atom stereocenters. The van der Waals surface area contributed by atoms with E-state index in [1.165, 1.54) is 5.56 Å². The lowest BCUT2D eigenvalue weighted by atomic mass is 9.92. The predicted molar refractivity (Wildman–Crippen MR) is 69.0 cm³/mol. The van der Waals surface area contributed by atoms with Gasteiger partial charge in [-0.05, 0) is 31.9 Å². The first-order valence-corrected chi connectivity index (χ1v) is 6.71. The summed E-state index contributed by atoms with van der Waals surface area (Å²) in [6, 6.07) is 10.4. The van der Waals surface area contributed by atoms with Crippen LogP contribution in [0, 0.1) is 0 Å². The lowest BCUT2D eigenvalue weighted by Gasteiger charge is -2.31. The summed E-state index contributed by atoms with van der Waals surface area (Å²) < 4.78 is 5.39. The molecule has 0 aromatic heterocycles. The van der Waals surface area contributed by atoms with Gasteiger partial charge in [0, 0.05) is 13.0 Å². The van der Waals surface area contributed by atoms with Crippen LogP contribution in [0.2, 0.25) is 0 Å². The molecule has 2 aliphatic heterocycles. The number of rotatable bonds is 2. The van der Waals surface area contributed by atoms with Gasteiger partial charge in [0.25, 0.3) is 0 Å². The van der Waals surface area contributed by atoms with E-state index in [1.54, 1.807) is 0 Å². The van der Waals surface area contributed by atoms with Gasteiger partial charge in [0.05, 0.1) is 0 Å². The van der Waals surface area contributed by atoms with Gasteiger partial charge in [-0.3, -0.25) is 9.69 Å². The first-order valence-electron chi connectivity index (χ1n) is 6.71. The maximum atomic E-state index is 12.1.